The minimum absolute atomic E-state index is 0.0591. The van der Waals surface area contributed by atoms with Gasteiger partial charge in [0.1, 0.15) is 0 Å². The third-order valence-electron chi connectivity index (χ3n) is 5.54. The van der Waals surface area contributed by atoms with E-state index in [1.807, 2.05) is 29.8 Å². The van der Waals surface area contributed by atoms with Crippen molar-refractivity contribution >= 4 is 11.6 Å². The SMILES string of the molecule is Cc1c(C(=O)NCC(C)N2CCc3ccccc32)cnn1Cc1ccccc1. The number of anilines is 1. The zero-order chi connectivity index (χ0) is 19.5. The van der Waals surface area contributed by atoms with Crippen LogP contribution in [-0.4, -0.2) is 34.8 Å². The summed E-state index contributed by atoms with van der Waals surface area (Å²) in [6.45, 7) is 6.39. The summed E-state index contributed by atoms with van der Waals surface area (Å²) in [6, 6.07) is 18.9. The van der Waals surface area contributed by atoms with Crippen LogP contribution in [0, 0.1) is 6.92 Å². The Morgan fingerprint density at radius 3 is 2.71 bits per heavy atom. The fraction of sp³-hybridized carbons (Fsp3) is 0.304. The van der Waals surface area contributed by atoms with Gasteiger partial charge >= 0.3 is 0 Å². The van der Waals surface area contributed by atoms with E-state index >= 15 is 0 Å². The average molecular weight is 374 g/mol. The van der Waals surface area contributed by atoms with Gasteiger partial charge in [-0.3, -0.25) is 9.48 Å². The topological polar surface area (TPSA) is 50.2 Å². The van der Waals surface area contributed by atoms with Crippen LogP contribution in [0.15, 0.2) is 60.8 Å². The van der Waals surface area contributed by atoms with Crippen molar-refractivity contribution < 1.29 is 4.79 Å². The molecule has 0 spiro atoms. The maximum Gasteiger partial charge on any atom is 0.254 e. The van der Waals surface area contributed by atoms with Crippen LogP contribution in [0.1, 0.15) is 34.1 Å². The summed E-state index contributed by atoms with van der Waals surface area (Å²) in [7, 11) is 0. The van der Waals surface area contributed by atoms with Gasteiger partial charge in [-0.15, -0.1) is 0 Å². The Hall–Kier alpha value is -3.08. The van der Waals surface area contributed by atoms with Crippen LogP contribution in [0.3, 0.4) is 0 Å². The molecule has 1 amide bonds. The average Bonchev–Trinajstić information content (AvgIpc) is 3.31. The van der Waals surface area contributed by atoms with Crippen LogP contribution in [0.2, 0.25) is 0 Å². The number of carbonyl (C=O) groups is 1. The number of aromatic nitrogens is 2. The van der Waals surface area contributed by atoms with Crippen molar-refractivity contribution in [2.24, 2.45) is 0 Å². The first-order chi connectivity index (χ1) is 13.6. The molecule has 1 aromatic heterocycles. The van der Waals surface area contributed by atoms with Crippen LogP contribution in [0.4, 0.5) is 5.69 Å². The van der Waals surface area contributed by atoms with E-state index in [0.717, 1.165) is 18.7 Å². The van der Waals surface area contributed by atoms with Crippen LogP contribution < -0.4 is 10.2 Å². The molecule has 0 aliphatic carbocycles. The minimum Gasteiger partial charge on any atom is -0.366 e. The fourth-order valence-corrected chi connectivity index (χ4v) is 3.85. The van der Waals surface area contributed by atoms with Gasteiger partial charge in [0.2, 0.25) is 0 Å². The highest BCUT2D eigenvalue weighted by molar-refractivity contribution is 5.95. The summed E-state index contributed by atoms with van der Waals surface area (Å²) < 4.78 is 1.88. The molecule has 2 aromatic carbocycles. The molecule has 2 heterocycles. The lowest BCUT2D eigenvalue weighted by Crippen LogP contribution is -2.41. The van der Waals surface area contributed by atoms with Crippen molar-refractivity contribution in [1.29, 1.82) is 0 Å². The maximum atomic E-state index is 12.7. The number of hydrogen-bond acceptors (Lipinski definition) is 3. The van der Waals surface area contributed by atoms with Crippen LogP contribution in [-0.2, 0) is 13.0 Å². The molecule has 0 radical (unpaired) electrons. The summed E-state index contributed by atoms with van der Waals surface area (Å²) in [5, 5.41) is 7.50. The molecule has 1 atom stereocenters. The second-order valence-corrected chi connectivity index (χ2v) is 7.42. The first kappa shape index (κ1) is 18.3. The predicted octanol–water partition coefficient (Wildman–Crippen LogP) is 3.42. The number of nitrogens with one attached hydrogen (secondary N) is 1. The Morgan fingerprint density at radius 2 is 1.89 bits per heavy atom. The second-order valence-electron chi connectivity index (χ2n) is 7.42. The lowest BCUT2D eigenvalue weighted by molar-refractivity contribution is 0.0950. The van der Waals surface area contributed by atoms with Crippen LogP contribution in [0.25, 0.3) is 0 Å². The van der Waals surface area contributed by atoms with Gasteiger partial charge in [-0.2, -0.15) is 5.10 Å². The number of carbonyl (C=O) groups excluding carboxylic acids is 1. The largest absolute Gasteiger partial charge is 0.366 e. The van der Waals surface area contributed by atoms with Gasteiger partial charge in [-0.25, -0.2) is 0 Å². The quantitative estimate of drug-likeness (QED) is 0.719. The van der Waals surface area contributed by atoms with E-state index < -0.39 is 0 Å². The molecule has 5 nitrogen and oxygen atoms in total. The van der Waals surface area contributed by atoms with E-state index in [0.29, 0.717) is 18.7 Å². The van der Waals surface area contributed by atoms with Crippen molar-refractivity contribution in [2.45, 2.75) is 32.9 Å². The van der Waals surface area contributed by atoms with Gasteiger partial charge < -0.3 is 10.2 Å². The Kier molecular flexibility index (Phi) is 5.15. The monoisotopic (exact) mass is 374 g/mol. The third kappa shape index (κ3) is 3.65. The number of nitrogens with zero attached hydrogens (tertiary/aromatic N) is 3. The standard InChI is InChI=1S/C23H26N4O/c1-17(26-13-12-20-10-6-7-11-22(20)26)14-24-23(28)21-15-25-27(18(21)2)16-19-8-4-3-5-9-19/h3-11,15,17H,12-14,16H2,1-2H3,(H,24,28). The molecule has 1 aliphatic heterocycles. The normalized spacial score (nSPS) is 14.0. The van der Waals surface area contributed by atoms with Crippen LogP contribution in [0.5, 0.6) is 0 Å². The number of amides is 1. The molecule has 28 heavy (non-hydrogen) atoms. The smallest absolute Gasteiger partial charge is 0.254 e. The van der Waals surface area contributed by atoms with E-state index in [1.54, 1.807) is 6.20 Å². The fourth-order valence-electron chi connectivity index (χ4n) is 3.85. The van der Waals surface area contributed by atoms with Gasteiger partial charge in [0.15, 0.2) is 0 Å². The molecule has 0 saturated carbocycles. The Bertz CT molecular complexity index is 964. The summed E-state index contributed by atoms with van der Waals surface area (Å²) in [4.78, 5) is 15.1. The van der Waals surface area contributed by atoms with E-state index in [9.17, 15) is 4.79 Å². The lowest BCUT2D eigenvalue weighted by Gasteiger charge is -2.27. The van der Waals surface area contributed by atoms with Gasteiger partial charge in [-0.05, 0) is 37.5 Å². The number of para-hydroxylation sites is 1. The van der Waals surface area contributed by atoms with Crippen LogP contribution >= 0.6 is 0 Å². The van der Waals surface area contributed by atoms with Gasteiger partial charge in [0.25, 0.3) is 5.91 Å². The molecule has 5 heteroatoms. The Balaban J connectivity index is 1.38. The molecule has 1 aliphatic rings. The second kappa shape index (κ2) is 7.89. The third-order valence-corrected chi connectivity index (χ3v) is 5.54. The van der Waals surface area contributed by atoms with Crippen molar-refractivity contribution in [2.75, 3.05) is 18.0 Å². The molecule has 1 N–H and O–H groups in total. The maximum absolute atomic E-state index is 12.7. The molecule has 0 bridgehead atoms. The highest BCUT2D eigenvalue weighted by Crippen LogP contribution is 2.28. The molecule has 0 saturated heterocycles. The van der Waals surface area contributed by atoms with Gasteiger partial charge in [-0.1, -0.05) is 48.5 Å². The van der Waals surface area contributed by atoms with Crippen molar-refractivity contribution in [3.63, 3.8) is 0 Å². The number of hydrogen-bond donors (Lipinski definition) is 1. The Morgan fingerprint density at radius 1 is 1.14 bits per heavy atom. The molecule has 4 rings (SSSR count). The molecule has 0 fully saturated rings. The van der Waals surface area contributed by atoms with E-state index in [-0.39, 0.29) is 11.9 Å². The predicted molar refractivity (Wildman–Crippen MR) is 112 cm³/mol. The summed E-state index contributed by atoms with van der Waals surface area (Å²) in [5.74, 6) is -0.0591. The van der Waals surface area contributed by atoms with E-state index in [4.69, 9.17) is 0 Å². The van der Waals surface area contributed by atoms with Gasteiger partial charge in [0.05, 0.1) is 18.3 Å². The molecule has 1 unspecified atom stereocenters. The molecule has 3 aromatic rings. The van der Waals surface area contributed by atoms with Gasteiger partial charge in [0, 0.05) is 30.5 Å². The van der Waals surface area contributed by atoms with E-state index in [2.05, 4.69) is 58.6 Å². The molecule has 144 valence electrons. The molecular formula is C23H26N4O. The van der Waals surface area contributed by atoms with E-state index in [1.165, 1.54) is 16.8 Å². The number of benzene rings is 2. The minimum atomic E-state index is -0.0591. The lowest BCUT2D eigenvalue weighted by atomic mass is 10.1. The first-order valence-corrected chi connectivity index (χ1v) is 9.82. The number of fused-ring (bicyclic) bond motifs is 1. The zero-order valence-corrected chi connectivity index (χ0v) is 16.4. The number of rotatable bonds is 6. The summed E-state index contributed by atoms with van der Waals surface area (Å²) >= 11 is 0. The first-order valence-electron chi connectivity index (χ1n) is 9.82. The van der Waals surface area contributed by atoms with Crippen molar-refractivity contribution in [3.05, 3.63) is 83.2 Å². The van der Waals surface area contributed by atoms with Crippen molar-refractivity contribution in [1.82, 2.24) is 15.1 Å². The Labute approximate surface area is 166 Å². The highest BCUT2D eigenvalue weighted by atomic mass is 16.1. The highest BCUT2D eigenvalue weighted by Gasteiger charge is 2.23. The summed E-state index contributed by atoms with van der Waals surface area (Å²) in [5.41, 5.74) is 5.38. The zero-order valence-electron chi connectivity index (χ0n) is 16.4. The summed E-state index contributed by atoms with van der Waals surface area (Å²) in [6.07, 6.45) is 2.74. The van der Waals surface area contributed by atoms with Crippen molar-refractivity contribution in [3.8, 4) is 0 Å². The molecular weight excluding hydrogens is 348 g/mol.